The van der Waals surface area contributed by atoms with Gasteiger partial charge in [0.25, 0.3) is 5.91 Å². The largest absolute Gasteiger partial charge is 0.465 e. The molecule has 132 valence electrons. The zero-order valence-electron chi connectivity index (χ0n) is 14.5. The number of carbonyl (C=O) groups excluding carboxylic acids is 2. The van der Waals surface area contributed by atoms with Gasteiger partial charge >= 0.3 is 5.97 Å². The summed E-state index contributed by atoms with van der Waals surface area (Å²) in [5.74, 6) is 0.152. The van der Waals surface area contributed by atoms with Gasteiger partial charge < -0.3 is 15.0 Å². The maximum Gasteiger partial charge on any atom is 0.348 e. The van der Waals surface area contributed by atoms with Crippen LogP contribution in [0.1, 0.15) is 39.1 Å². The van der Waals surface area contributed by atoms with Crippen LogP contribution in [0.3, 0.4) is 0 Å². The van der Waals surface area contributed by atoms with Gasteiger partial charge in [-0.3, -0.25) is 4.79 Å². The minimum atomic E-state index is -0.427. The van der Waals surface area contributed by atoms with Crippen molar-refractivity contribution in [2.24, 2.45) is 5.92 Å². The number of benzene rings is 1. The predicted octanol–water partition coefficient (Wildman–Crippen LogP) is 4.02. The van der Waals surface area contributed by atoms with Crippen molar-refractivity contribution < 1.29 is 14.3 Å². The Labute approximate surface area is 151 Å². The van der Waals surface area contributed by atoms with Gasteiger partial charge in [-0.15, -0.1) is 11.3 Å². The highest BCUT2D eigenvalue weighted by molar-refractivity contribution is 7.16. The standard InChI is InChI=1S/C19H22N2O3S/c1-13-9-11-21(12-10-13)15-5-3-14(4-6-15)20-18(22)16-7-8-17(25-16)19(23)24-2/h3-8,13H,9-12H2,1-2H3,(H,20,22). The quantitative estimate of drug-likeness (QED) is 0.839. The van der Waals surface area contributed by atoms with Gasteiger partial charge in [0.15, 0.2) is 0 Å². The lowest BCUT2D eigenvalue weighted by molar-refractivity contribution is 0.0606. The molecule has 1 aromatic carbocycles. The number of rotatable bonds is 4. The molecular weight excluding hydrogens is 336 g/mol. The van der Waals surface area contributed by atoms with E-state index in [9.17, 15) is 9.59 Å². The van der Waals surface area contributed by atoms with Crippen LogP contribution in [-0.4, -0.2) is 32.1 Å². The Kier molecular flexibility index (Phi) is 5.38. The van der Waals surface area contributed by atoms with Gasteiger partial charge in [-0.1, -0.05) is 6.92 Å². The lowest BCUT2D eigenvalue weighted by Crippen LogP contribution is -2.32. The summed E-state index contributed by atoms with van der Waals surface area (Å²) in [6.07, 6.45) is 2.44. The Morgan fingerprint density at radius 1 is 1.08 bits per heavy atom. The molecule has 1 fully saturated rings. The fourth-order valence-corrected chi connectivity index (χ4v) is 3.70. The third kappa shape index (κ3) is 4.20. The van der Waals surface area contributed by atoms with Crippen molar-refractivity contribution in [3.63, 3.8) is 0 Å². The van der Waals surface area contributed by atoms with Crippen LogP contribution in [0, 0.1) is 5.92 Å². The van der Waals surface area contributed by atoms with Gasteiger partial charge in [-0.25, -0.2) is 4.79 Å². The second-order valence-corrected chi connectivity index (χ2v) is 7.41. The van der Waals surface area contributed by atoms with Crippen molar-refractivity contribution in [3.8, 4) is 0 Å². The summed E-state index contributed by atoms with van der Waals surface area (Å²) in [5, 5.41) is 2.87. The van der Waals surface area contributed by atoms with Crippen molar-refractivity contribution in [1.82, 2.24) is 0 Å². The molecule has 2 aromatic rings. The summed E-state index contributed by atoms with van der Waals surface area (Å²) >= 11 is 1.12. The maximum atomic E-state index is 12.3. The fraction of sp³-hybridized carbons (Fsp3) is 0.368. The highest BCUT2D eigenvalue weighted by atomic mass is 32.1. The average molecular weight is 358 g/mol. The van der Waals surface area contributed by atoms with E-state index in [-0.39, 0.29) is 5.91 Å². The summed E-state index contributed by atoms with van der Waals surface area (Å²) in [6, 6.07) is 11.2. The first-order valence-electron chi connectivity index (χ1n) is 8.41. The molecule has 1 amide bonds. The Balaban J connectivity index is 1.62. The number of nitrogens with one attached hydrogen (secondary N) is 1. The zero-order valence-corrected chi connectivity index (χ0v) is 15.3. The van der Waals surface area contributed by atoms with Gasteiger partial charge in [0, 0.05) is 24.5 Å². The number of thiophene rings is 1. The number of carbonyl (C=O) groups is 2. The van der Waals surface area contributed by atoms with Crippen LogP contribution in [-0.2, 0) is 4.74 Å². The molecule has 25 heavy (non-hydrogen) atoms. The first kappa shape index (κ1) is 17.5. The molecule has 1 aliphatic rings. The van der Waals surface area contributed by atoms with Crippen LogP contribution in [0.5, 0.6) is 0 Å². The second-order valence-electron chi connectivity index (χ2n) is 6.33. The average Bonchev–Trinajstić information content (AvgIpc) is 3.13. The van der Waals surface area contributed by atoms with Crippen molar-refractivity contribution in [2.75, 3.05) is 30.4 Å². The lowest BCUT2D eigenvalue weighted by atomic mass is 9.99. The lowest BCUT2D eigenvalue weighted by Gasteiger charge is -2.32. The van der Waals surface area contributed by atoms with Crippen LogP contribution in [0.4, 0.5) is 11.4 Å². The molecule has 0 bridgehead atoms. The Bertz CT molecular complexity index is 746. The van der Waals surface area contributed by atoms with Crippen LogP contribution >= 0.6 is 11.3 Å². The number of hydrogen-bond donors (Lipinski definition) is 1. The normalized spacial score (nSPS) is 15.0. The SMILES string of the molecule is COC(=O)c1ccc(C(=O)Nc2ccc(N3CCC(C)CC3)cc2)s1. The monoisotopic (exact) mass is 358 g/mol. The first-order valence-corrected chi connectivity index (χ1v) is 9.23. The van der Waals surface area contributed by atoms with Crippen molar-refractivity contribution in [1.29, 1.82) is 0 Å². The van der Waals surface area contributed by atoms with E-state index in [1.807, 2.05) is 24.3 Å². The second kappa shape index (κ2) is 7.70. The van der Waals surface area contributed by atoms with Crippen molar-refractivity contribution >= 4 is 34.6 Å². The minimum Gasteiger partial charge on any atom is -0.465 e. The molecule has 3 rings (SSSR count). The molecule has 1 N–H and O–H groups in total. The molecule has 0 atom stereocenters. The van der Waals surface area contributed by atoms with E-state index in [1.54, 1.807) is 12.1 Å². The van der Waals surface area contributed by atoms with Crippen molar-refractivity contribution in [3.05, 3.63) is 46.2 Å². The number of methoxy groups -OCH3 is 1. The molecular formula is C19H22N2O3S. The van der Waals surface area contributed by atoms with E-state index < -0.39 is 5.97 Å². The number of anilines is 2. The highest BCUT2D eigenvalue weighted by Crippen LogP contribution is 2.25. The van der Waals surface area contributed by atoms with Crippen LogP contribution in [0.2, 0.25) is 0 Å². The molecule has 0 aliphatic carbocycles. The third-order valence-corrected chi connectivity index (χ3v) is 5.55. The Morgan fingerprint density at radius 2 is 1.72 bits per heavy atom. The van der Waals surface area contributed by atoms with E-state index >= 15 is 0 Å². The molecule has 2 heterocycles. The number of esters is 1. The van der Waals surface area contributed by atoms with E-state index in [1.165, 1.54) is 25.6 Å². The molecule has 0 spiro atoms. The first-order chi connectivity index (χ1) is 12.1. The summed E-state index contributed by atoms with van der Waals surface area (Å²) in [4.78, 5) is 27.0. The van der Waals surface area contributed by atoms with Gasteiger partial charge in [-0.05, 0) is 55.2 Å². The molecule has 0 radical (unpaired) electrons. The molecule has 5 nitrogen and oxygen atoms in total. The maximum absolute atomic E-state index is 12.3. The van der Waals surface area contributed by atoms with E-state index in [0.29, 0.717) is 9.75 Å². The van der Waals surface area contributed by atoms with Gasteiger partial charge in [-0.2, -0.15) is 0 Å². The summed E-state index contributed by atoms with van der Waals surface area (Å²) in [6.45, 7) is 4.46. The molecule has 1 aromatic heterocycles. The number of nitrogens with zero attached hydrogens (tertiary/aromatic N) is 1. The number of ether oxygens (including phenoxy) is 1. The summed E-state index contributed by atoms with van der Waals surface area (Å²) < 4.78 is 4.66. The molecule has 0 unspecified atom stereocenters. The Morgan fingerprint density at radius 3 is 2.36 bits per heavy atom. The van der Waals surface area contributed by atoms with Crippen LogP contribution in [0.15, 0.2) is 36.4 Å². The number of piperidine rings is 1. The number of hydrogen-bond acceptors (Lipinski definition) is 5. The van der Waals surface area contributed by atoms with Crippen molar-refractivity contribution in [2.45, 2.75) is 19.8 Å². The predicted molar refractivity (Wildman–Crippen MR) is 101 cm³/mol. The highest BCUT2D eigenvalue weighted by Gasteiger charge is 2.17. The van der Waals surface area contributed by atoms with Crippen LogP contribution < -0.4 is 10.2 Å². The van der Waals surface area contributed by atoms with E-state index in [0.717, 1.165) is 36.0 Å². The number of amides is 1. The third-order valence-electron chi connectivity index (χ3n) is 4.49. The van der Waals surface area contributed by atoms with Crippen LogP contribution in [0.25, 0.3) is 0 Å². The van der Waals surface area contributed by atoms with E-state index in [4.69, 9.17) is 0 Å². The molecule has 0 saturated carbocycles. The smallest absolute Gasteiger partial charge is 0.348 e. The zero-order chi connectivity index (χ0) is 17.8. The molecule has 1 aliphatic heterocycles. The minimum absolute atomic E-state index is 0.222. The van der Waals surface area contributed by atoms with Gasteiger partial charge in [0.05, 0.1) is 12.0 Å². The fourth-order valence-electron chi connectivity index (χ4n) is 2.89. The summed E-state index contributed by atoms with van der Waals surface area (Å²) in [5.41, 5.74) is 1.93. The summed E-state index contributed by atoms with van der Waals surface area (Å²) in [7, 11) is 1.33. The van der Waals surface area contributed by atoms with E-state index in [2.05, 4.69) is 21.9 Å². The topological polar surface area (TPSA) is 58.6 Å². The molecule has 6 heteroatoms. The van der Waals surface area contributed by atoms with Gasteiger partial charge in [0.1, 0.15) is 4.88 Å². The Hall–Kier alpha value is -2.34. The molecule has 1 saturated heterocycles. The van der Waals surface area contributed by atoms with Gasteiger partial charge in [0.2, 0.25) is 0 Å².